The molecule has 0 saturated heterocycles. The molecule has 21 heavy (non-hydrogen) atoms. The molecule has 0 saturated carbocycles. The zero-order valence-corrected chi connectivity index (χ0v) is 13.1. The molecule has 0 radical (unpaired) electrons. The van der Waals surface area contributed by atoms with Crippen LogP contribution >= 0.6 is 11.6 Å². The van der Waals surface area contributed by atoms with Gasteiger partial charge >= 0.3 is 0 Å². The van der Waals surface area contributed by atoms with Gasteiger partial charge in [-0.2, -0.15) is 10.4 Å². The van der Waals surface area contributed by atoms with Gasteiger partial charge in [-0.05, 0) is 43.2 Å². The Morgan fingerprint density at radius 1 is 1.52 bits per heavy atom. The highest BCUT2D eigenvalue weighted by Crippen LogP contribution is 2.19. The first-order chi connectivity index (χ1) is 10.0. The number of rotatable bonds is 6. The molecular weight excluding hydrogens is 282 g/mol. The molecule has 0 heterocycles. The number of hydrogen-bond donors (Lipinski definition) is 0. The average Bonchev–Trinajstić information content (AvgIpc) is 2.51. The van der Waals surface area contributed by atoms with E-state index in [-0.39, 0.29) is 0 Å². The van der Waals surface area contributed by atoms with E-state index in [1.807, 2.05) is 32.1 Å². The van der Waals surface area contributed by atoms with Gasteiger partial charge in [-0.15, -0.1) is 0 Å². The minimum absolute atomic E-state index is 0.516. The van der Waals surface area contributed by atoms with Crippen molar-refractivity contribution in [2.45, 2.75) is 20.4 Å². The van der Waals surface area contributed by atoms with Gasteiger partial charge in [-0.3, -0.25) is 5.01 Å². The third-order valence-electron chi connectivity index (χ3n) is 3.04. The van der Waals surface area contributed by atoms with Crippen molar-refractivity contribution >= 4 is 18.3 Å². The summed E-state index contributed by atoms with van der Waals surface area (Å²) in [6, 6.07) is 7.73. The monoisotopic (exact) mass is 299 g/mol. The van der Waals surface area contributed by atoms with E-state index < -0.39 is 0 Å². The second-order valence-electron chi connectivity index (χ2n) is 4.40. The van der Waals surface area contributed by atoms with Crippen molar-refractivity contribution in [2.75, 3.05) is 0 Å². The molecule has 0 aliphatic heterocycles. The highest BCUT2D eigenvalue weighted by atomic mass is 35.5. The summed E-state index contributed by atoms with van der Waals surface area (Å²) in [5, 5.41) is 15.3. The van der Waals surface area contributed by atoms with Crippen LogP contribution < -0.4 is 0 Å². The van der Waals surface area contributed by atoms with E-state index in [1.54, 1.807) is 23.2 Å². The lowest BCUT2D eigenvalue weighted by Gasteiger charge is -2.21. The Labute approximate surface area is 131 Å². The van der Waals surface area contributed by atoms with E-state index in [0.717, 1.165) is 16.8 Å². The van der Waals surface area contributed by atoms with Gasteiger partial charge in [0, 0.05) is 11.7 Å². The molecule has 108 valence electrons. The molecule has 0 atom stereocenters. The number of nitriles is 1. The molecule has 0 fully saturated rings. The standard InChI is InChI=1S/C17H18ClN3/c1-5-16(18)10-17(6-2)21(20-4)12-15-9-14(11-19)8-7-13(15)3/h5-10H,1,4,12H2,2-3H3/b16-10+,17-6+. The quantitative estimate of drug-likeness (QED) is 0.441. The Bertz CT molecular complexity index is 636. The van der Waals surface area contributed by atoms with Crippen molar-refractivity contribution in [3.63, 3.8) is 0 Å². The topological polar surface area (TPSA) is 39.4 Å². The molecule has 0 bridgehead atoms. The van der Waals surface area contributed by atoms with Crippen LogP contribution in [0.2, 0.25) is 0 Å². The van der Waals surface area contributed by atoms with E-state index in [1.165, 1.54) is 0 Å². The predicted octanol–water partition coefficient (Wildman–Crippen LogP) is 4.50. The van der Waals surface area contributed by atoms with E-state index >= 15 is 0 Å². The highest BCUT2D eigenvalue weighted by Gasteiger charge is 2.09. The van der Waals surface area contributed by atoms with Gasteiger partial charge in [-0.1, -0.05) is 36.4 Å². The van der Waals surface area contributed by atoms with E-state index in [2.05, 4.69) is 24.5 Å². The second kappa shape index (κ2) is 8.08. The molecule has 3 nitrogen and oxygen atoms in total. The summed E-state index contributed by atoms with van der Waals surface area (Å²) in [6.07, 6.45) is 5.23. The first-order valence-electron chi connectivity index (χ1n) is 6.45. The molecule has 0 spiro atoms. The molecule has 0 aromatic heterocycles. The van der Waals surface area contributed by atoms with Crippen LogP contribution in [0.4, 0.5) is 0 Å². The SMILES string of the molecule is C=C/C(Cl)=C\C(=C/C)N(Cc1cc(C#N)ccc1C)N=C. The number of hydrazone groups is 1. The summed E-state index contributed by atoms with van der Waals surface area (Å²) in [6.45, 7) is 11.6. The Morgan fingerprint density at radius 2 is 2.24 bits per heavy atom. The van der Waals surface area contributed by atoms with Gasteiger partial charge in [0.05, 0.1) is 23.9 Å². The summed E-state index contributed by atoms with van der Waals surface area (Å²) >= 11 is 5.99. The van der Waals surface area contributed by atoms with Gasteiger partial charge in [0.1, 0.15) is 0 Å². The molecule has 4 heteroatoms. The summed E-state index contributed by atoms with van der Waals surface area (Å²) in [4.78, 5) is 0. The molecule has 0 N–H and O–H groups in total. The lowest BCUT2D eigenvalue weighted by Crippen LogP contribution is -2.15. The molecule has 0 aliphatic rings. The number of hydrogen-bond acceptors (Lipinski definition) is 3. The fraction of sp³-hybridized carbons (Fsp3) is 0.176. The number of allylic oxidation sites excluding steroid dienone is 4. The first kappa shape index (κ1) is 16.7. The van der Waals surface area contributed by atoms with Crippen LogP contribution in [0, 0.1) is 18.3 Å². The summed E-state index contributed by atoms with van der Waals surface area (Å²) in [5.41, 5.74) is 3.55. The van der Waals surface area contributed by atoms with Crippen LogP contribution in [-0.2, 0) is 6.54 Å². The van der Waals surface area contributed by atoms with Crippen LogP contribution in [0.25, 0.3) is 0 Å². The maximum Gasteiger partial charge on any atom is 0.0991 e. The van der Waals surface area contributed by atoms with Crippen LogP contribution in [0.3, 0.4) is 0 Å². The smallest absolute Gasteiger partial charge is 0.0991 e. The third kappa shape index (κ3) is 4.62. The Hall–Kier alpha value is -2.31. The molecule has 1 aromatic carbocycles. The van der Waals surface area contributed by atoms with Crippen molar-refractivity contribution < 1.29 is 0 Å². The maximum absolute atomic E-state index is 9.00. The van der Waals surface area contributed by atoms with Gasteiger partial charge < -0.3 is 0 Å². The molecule has 0 amide bonds. The van der Waals surface area contributed by atoms with Gasteiger partial charge in [0.25, 0.3) is 0 Å². The average molecular weight is 300 g/mol. The minimum Gasteiger partial charge on any atom is -0.262 e. The van der Waals surface area contributed by atoms with Crippen molar-refractivity contribution in [3.8, 4) is 6.07 Å². The van der Waals surface area contributed by atoms with Crippen LogP contribution in [0.5, 0.6) is 0 Å². The van der Waals surface area contributed by atoms with Crippen LogP contribution in [0.15, 0.2) is 58.8 Å². The zero-order chi connectivity index (χ0) is 15.8. The molecule has 1 rings (SSSR count). The third-order valence-corrected chi connectivity index (χ3v) is 3.31. The highest BCUT2D eigenvalue weighted by molar-refractivity contribution is 6.31. The van der Waals surface area contributed by atoms with Gasteiger partial charge in [0.2, 0.25) is 0 Å². The van der Waals surface area contributed by atoms with Gasteiger partial charge in [-0.25, -0.2) is 0 Å². The summed E-state index contributed by atoms with van der Waals surface area (Å²) in [5.74, 6) is 0. The maximum atomic E-state index is 9.00. The summed E-state index contributed by atoms with van der Waals surface area (Å²) in [7, 11) is 0. The zero-order valence-electron chi connectivity index (χ0n) is 12.3. The predicted molar refractivity (Wildman–Crippen MR) is 88.9 cm³/mol. The first-order valence-corrected chi connectivity index (χ1v) is 6.83. The lowest BCUT2D eigenvalue weighted by atomic mass is 10.1. The number of nitrogens with zero attached hydrogens (tertiary/aromatic N) is 3. The molecule has 0 unspecified atom stereocenters. The van der Waals surface area contributed by atoms with Crippen molar-refractivity contribution in [2.24, 2.45) is 5.10 Å². The minimum atomic E-state index is 0.516. The second-order valence-corrected chi connectivity index (χ2v) is 4.84. The van der Waals surface area contributed by atoms with Crippen molar-refractivity contribution in [1.29, 1.82) is 5.26 Å². The van der Waals surface area contributed by atoms with Crippen molar-refractivity contribution in [1.82, 2.24) is 5.01 Å². The van der Waals surface area contributed by atoms with E-state index in [9.17, 15) is 0 Å². The fourth-order valence-electron chi connectivity index (χ4n) is 1.80. The van der Waals surface area contributed by atoms with Gasteiger partial charge in [0.15, 0.2) is 0 Å². The van der Waals surface area contributed by atoms with E-state index in [0.29, 0.717) is 17.1 Å². The van der Waals surface area contributed by atoms with E-state index in [4.69, 9.17) is 16.9 Å². The lowest BCUT2D eigenvalue weighted by molar-refractivity contribution is 0.370. The Kier molecular flexibility index (Phi) is 6.45. The number of benzene rings is 1. The molecular formula is C17H18ClN3. The molecule has 1 aromatic rings. The van der Waals surface area contributed by atoms with Crippen LogP contribution in [0.1, 0.15) is 23.6 Å². The molecule has 0 aliphatic carbocycles. The Morgan fingerprint density at radius 3 is 2.76 bits per heavy atom. The van der Waals surface area contributed by atoms with Crippen LogP contribution in [-0.4, -0.2) is 11.7 Å². The van der Waals surface area contributed by atoms with Crippen molar-refractivity contribution in [3.05, 3.63) is 70.4 Å². The normalized spacial score (nSPS) is 11.7. The fourth-order valence-corrected chi connectivity index (χ4v) is 1.91. The number of halogens is 1. The Balaban J connectivity index is 3.10. The summed E-state index contributed by atoms with van der Waals surface area (Å²) < 4.78 is 0. The largest absolute Gasteiger partial charge is 0.262 e. The number of aryl methyl sites for hydroxylation is 1.